The first-order valence-electron chi connectivity index (χ1n) is 9.47. The molecule has 1 unspecified atom stereocenters. The molecule has 1 fully saturated rings. The van der Waals surface area contributed by atoms with Gasteiger partial charge in [0.05, 0.1) is 25.0 Å². The first-order valence-corrected chi connectivity index (χ1v) is 9.47. The molecule has 1 aliphatic rings. The number of carboxylic acids is 1. The highest BCUT2D eigenvalue weighted by molar-refractivity contribution is 5.94. The Morgan fingerprint density at radius 1 is 1.12 bits per heavy atom. The summed E-state index contributed by atoms with van der Waals surface area (Å²) in [6, 6.07) is 8.61. The molecule has 4 heterocycles. The summed E-state index contributed by atoms with van der Waals surface area (Å²) in [5, 5.41) is 10.3. The number of amides is 1. The third-order valence-corrected chi connectivity index (χ3v) is 4.29. The second kappa shape index (κ2) is 10.5. The van der Waals surface area contributed by atoms with E-state index in [4.69, 9.17) is 19.1 Å². The van der Waals surface area contributed by atoms with Gasteiger partial charge < -0.3 is 24.5 Å². The van der Waals surface area contributed by atoms with Crippen LogP contribution in [0.5, 0.6) is 0 Å². The van der Waals surface area contributed by atoms with Crippen molar-refractivity contribution in [3.8, 4) is 0 Å². The van der Waals surface area contributed by atoms with Crippen molar-refractivity contribution >= 4 is 23.5 Å². The van der Waals surface area contributed by atoms with Crippen molar-refractivity contribution in [1.29, 1.82) is 0 Å². The summed E-state index contributed by atoms with van der Waals surface area (Å²) < 4.78 is 42.3. The Morgan fingerprint density at radius 3 is 2.55 bits per heavy atom. The molecule has 1 amide bonds. The molecule has 0 aromatic carbocycles. The maximum Gasteiger partial charge on any atom is 0.490 e. The van der Waals surface area contributed by atoms with Gasteiger partial charge in [-0.25, -0.2) is 19.7 Å². The fraction of sp³-hybridized carbons (Fsp3) is 0.250. The lowest BCUT2D eigenvalue weighted by Gasteiger charge is -2.34. The molecule has 3 aromatic rings. The van der Waals surface area contributed by atoms with Gasteiger partial charge in [0.1, 0.15) is 23.9 Å². The molecule has 0 saturated carbocycles. The zero-order valence-corrected chi connectivity index (χ0v) is 16.9. The Bertz CT molecular complexity index is 1060. The summed E-state index contributed by atoms with van der Waals surface area (Å²) in [5.41, 5.74) is 0.500. The van der Waals surface area contributed by atoms with E-state index in [0.717, 1.165) is 0 Å². The second-order valence-corrected chi connectivity index (χ2v) is 6.54. The van der Waals surface area contributed by atoms with Crippen LogP contribution in [-0.2, 0) is 9.53 Å². The summed E-state index contributed by atoms with van der Waals surface area (Å²) >= 11 is 0. The van der Waals surface area contributed by atoms with Gasteiger partial charge in [0, 0.05) is 18.9 Å². The van der Waals surface area contributed by atoms with Gasteiger partial charge >= 0.3 is 12.1 Å². The molecule has 3 aromatic heterocycles. The number of hydrogen-bond donors (Lipinski definition) is 2. The van der Waals surface area contributed by atoms with Crippen molar-refractivity contribution in [3.05, 3.63) is 66.6 Å². The number of morpholine rings is 1. The van der Waals surface area contributed by atoms with Gasteiger partial charge in [0.25, 0.3) is 5.91 Å². The van der Waals surface area contributed by atoms with Crippen LogP contribution in [0, 0.1) is 0 Å². The van der Waals surface area contributed by atoms with Crippen molar-refractivity contribution < 1.29 is 37.0 Å². The number of halogens is 3. The second-order valence-electron chi connectivity index (χ2n) is 6.54. The molecule has 0 aliphatic carbocycles. The average molecular weight is 465 g/mol. The van der Waals surface area contributed by atoms with E-state index in [0.29, 0.717) is 42.8 Å². The summed E-state index contributed by atoms with van der Waals surface area (Å²) in [7, 11) is 0. The van der Waals surface area contributed by atoms with E-state index in [1.54, 1.807) is 29.4 Å². The van der Waals surface area contributed by atoms with E-state index in [1.807, 2.05) is 18.2 Å². The third-order valence-electron chi connectivity index (χ3n) is 4.29. The molecule has 174 valence electrons. The first kappa shape index (κ1) is 23.7. The Labute approximate surface area is 185 Å². The number of aliphatic carboxylic acids is 1. The number of furan rings is 1. The number of nitrogens with one attached hydrogen (secondary N) is 1. The molecule has 33 heavy (non-hydrogen) atoms. The summed E-state index contributed by atoms with van der Waals surface area (Å²) in [4.78, 5) is 36.5. The number of nitrogens with zero attached hydrogens (tertiary/aromatic N) is 4. The maximum absolute atomic E-state index is 12.7. The van der Waals surface area contributed by atoms with Crippen LogP contribution < -0.4 is 5.32 Å². The third kappa shape index (κ3) is 6.49. The molecule has 4 rings (SSSR count). The molecular weight excluding hydrogens is 447 g/mol. The summed E-state index contributed by atoms with van der Waals surface area (Å²) in [6.07, 6.45) is 1.19. The number of pyridine rings is 1. The van der Waals surface area contributed by atoms with E-state index in [9.17, 15) is 18.0 Å². The number of carbonyl (C=O) groups is 2. The monoisotopic (exact) mass is 465 g/mol. The van der Waals surface area contributed by atoms with E-state index < -0.39 is 12.1 Å². The van der Waals surface area contributed by atoms with Crippen LogP contribution in [0.4, 0.5) is 24.8 Å². The number of aromatic nitrogens is 3. The van der Waals surface area contributed by atoms with Crippen molar-refractivity contribution in [2.24, 2.45) is 0 Å². The maximum atomic E-state index is 12.7. The van der Waals surface area contributed by atoms with Gasteiger partial charge in [-0.05, 0) is 24.3 Å². The molecule has 2 N–H and O–H groups in total. The first-order chi connectivity index (χ1) is 15.8. The minimum absolute atomic E-state index is 0.126. The number of alkyl halides is 3. The van der Waals surface area contributed by atoms with Crippen LogP contribution in [0.3, 0.4) is 0 Å². The van der Waals surface area contributed by atoms with Crippen LogP contribution >= 0.6 is 0 Å². The van der Waals surface area contributed by atoms with Gasteiger partial charge in [0.2, 0.25) is 0 Å². The number of rotatable bonds is 4. The number of carboxylic acid groups (broad SMARTS) is 1. The lowest BCUT2D eigenvalue weighted by molar-refractivity contribution is -0.192. The number of carbonyl (C=O) groups excluding carboxylic acids is 1. The van der Waals surface area contributed by atoms with Crippen molar-refractivity contribution in [2.45, 2.75) is 12.2 Å². The summed E-state index contributed by atoms with van der Waals surface area (Å²) in [5.74, 6) is -1.08. The fourth-order valence-corrected chi connectivity index (χ4v) is 2.78. The average Bonchev–Trinajstić information content (AvgIpc) is 3.34. The Morgan fingerprint density at radius 2 is 1.91 bits per heavy atom. The van der Waals surface area contributed by atoms with Crippen LogP contribution in [0.15, 0.2) is 59.7 Å². The lowest BCUT2D eigenvalue weighted by Crippen LogP contribution is -2.44. The Balaban J connectivity index is 0.000000383. The van der Waals surface area contributed by atoms with Crippen LogP contribution in [-0.4, -0.2) is 62.8 Å². The van der Waals surface area contributed by atoms with Crippen LogP contribution in [0.2, 0.25) is 0 Å². The lowest BCUT2D eigenvalue weighted by atomic mass is 10.1. The van der Waals surface area contributed by atoms with Gasteiger partial charge in [-0.1, -0.05) is 6.07 Å². The van der Waals surface area contributed by atoms with Crippen molar-refractivity contribution in [3.63, 3.8) is 0 Å². The molecule has 0 bridgehead atoms. The Kier molecular flexibility index (Phi) is 7.56. The minimum atomic E-state index is -5.08. The zero-order chi connectivity index (χ0) is 23.8. The van der Waals surface area contributed by atoms with E-state index >= 15 is 0 Å². The molecule has 10 nitrogen and oxygen atoms in total. The normalized spacial score (nSPS) is 15.8. The predicted octanol–water partition coefficient (Wildman–Crippen LogP) is 3.06. The molecule has 1 atom stereocenters. The molecule has 13 heteroatoms. The topological polar surface area (TPSA) is 131 Å². The highest BCUT2D eigenvalue weighted by atomic mass is 19.4. The van der Waals surface area contributed by atoms with Crippen molar-refractivity contribution in [1.82, 2.24) is 19.9 Å². The minimum Gasteiger partial charge on any atom is -0.475 e. The highest BCUT2D eigenvalue weighted by Gasteiger charge is 2.38. The number of hydrogen-bond acceptors (Lipinski definition) is 8. The van der Waals surface area contributed by atoms with E-state index in [2.05, 4.69) is 20.3 Å². The van der Waals surface area contributed by atoms with Gasteiger partial charge in [-0.15, -0.1) is 0 Å². The highest BCUT2D eigenvalue weighted by Crippen LogP contribution is 2.25. The molecular formula is C20H18F3N5O5. The van der Waals surface area contributed by atoms with Crippen LogP contribution in [0.1, 0.15) is 22.2 Å². The Hall–Kier alpha value is -4.00. The van der Waals surface area contributed by atoms with Crippen LogP contribution in [0.25, 0.3) is 0 Å². The van der Waals surface area contributed by atoms with Gasteiger partial charge in [-0.2, -0.15) is 13.2 Å². The number of ether oxygens (including phenoxy) is 1. The standard InChI is InChI=1S/C18H17N5O3.C2HF3O2/c24-18(13-5-9-25-11-13)23-8-10-26-12-14(23)17-20-7-4-16(22-17)21-15-3-1-2-6-19-15;3-2(4,5)1(6)7/h1-7,9,11,14H,8,10,12H2,(H,19,20,21,22);(H,6,7). The summed E-state index contributed by atoms with van der Waals surface area (Å²) in [6.45, 7) is 1.29. The van der Waals surface area contributed by atoms with E-state index in [1.165, 1.54) is 12.5 Å². The van der Waals surface area contributed by atoms with E-state index in [-0.39, 0.29) is 11.9 Å². The predicted molar refractivity (Wildman–Crippen MR) is 107 cm³/mol. The molecule has 0 radical (unpaired) electrons. The molecule has 1 saturated heterocycles. The molecule has 0 spiro atoms. The van der Waals surface area contributed by atoms with Gasteiger partial charge in [0.15, 0.2) is 5.82 Å². The zero-order valence-electron chi connectivity index (χ0n) is 16.9. The number of anilines is 2. The van der Waals surface area contributed by atoms with Crippen molar-refractivity contribution in [2.75, 3.05) is 25.1 Å². The SMILES string of the molecule is O=C(O)C(F)(F)F.O=C(c1ccoc1)N1CCOCC1c1nccc(Nc2ccccn2)n1. The molecule has 1 aliphatic heterocycles. The van der Waals surface area contributed by atoms with Gasteiger partial charge in [-0.3, -0.25) is 4.79 Å². The smallest absolute Gasteiger partial charge is 0.475 e. The largest absolute Gasteiger partial charge is 0.490 e. The quantitative estimate of drug-likeness (QED) is 0.597. The fourth-order valence-electron chi connectivity index (χ4n) is 2.78.